The maximum Gasteiger partial charge on any atom is 0.330 e. The summed E-state index contributed by atoms with van der Waals surface area (Å²) in [4.78, 5) is 10.7. The standard InChI is InChI=1S/C10H18O6/c1-7(9(15)16)2-10(5-13,6-14)8(3-11)4-12/h2,8,11-14H,3-6H2,1H3,(H,15,16). The number of carboxylic acid groups (broad SMARTS) is 1. The molecule has 0 radical (unpaired) electrons. The molecule has 0 aromatic rings. The minimum atomic E-state index is -1.33. The molecule has 0 fully saturated rings. The maximum absolute atomic E-state index is 10.7. The third-order valence-electron chi connectivity index (χ3n) is 2.68. The number of aliphatic carboxylic acids is 1. The van der Waals surface area contributed by atoms with Crippen LogP contribution in [0.25, 0.3) is 0 Å². The molecule has 0 aliphatic rings. The van der Waals surface area contributed by atoms with E-state index in [0.717, 1.165) is 0 Å². The van der Waals surface area contributed by atoms with Gasteiger partial charge in [-0.3, -0.25) is 0 Å². The quantitative estimate of drug-likeness (QED) is 0.345. The number of hydrogen-bond donors (Lipinski definition) is 5. The van der Waals surface area contributed by atoms with Crippen LogP contribution in [0.3, 0.4) is 0 Å². The molecule has 6 heteroatoms. The number of rotatable bonds is 7. The molecule has 0 aliphatic carbocycles. The first-order valence-electron chi connectivity index (χ1n) is 4.83. The highest BCUT2D eigenvalue weighted by Crippen LogP contribution is 2.29. The lowest BCUT2D eigenvalue weighted by Crippen LogP contribution is -2.40. The van der Waals surface area contributed by atoms with E-state index in [-0.39, 0.29) is 5.57 Å². The third kappa shape index (κ3) is 3.28. The van der Waals surface area contributed by atoms with Crippen LogP contribution < -0.4 is 0 Å². The summed E-state index contributed by atoms with van der Waals surface area (Å²) in [7, 11) is 0. The normalized spacial score (nSPS) is 13.2. The highest BCUT2D eigenvalue weighted by Gasteiger charge is 2.36. The van der Waals surface area contributed by atoms with Crippen molar-refractivity contribution in [1.29, 1.82) is 0 Å². The number of hydrogen-bond acceptors (Lipinski definition) is 5. The summed E-state index contributed by atoms with van der Waals surface area (Å²) >= 11 is 0. The fraction of sp³-hybridized carbons (Fsp3) is 0.700. The highest BCUT2D eigenvalue weighted by molar-refractivity contribution is 5.85. The lowest BCUT2D eigenvalue weighted by Gasteiger charge is -2.33. The molecule has 0 bridgehead atoms. The topological polar surface area (TPSA) is 118 Å². The SMILES string of the molecule is CC(=CC(CO)(CO)C(CO)CO)C(=O)O. The van der Waals surface area contributed by atoms with Gasteiger partial charge in [0.2, 0.25) is 0 Å². The van der Waals surface area contributed by atoms with Crippen molar-refractivity contribution >= 4 is 5.97 Å². The average Bonchev–Trinajstić information content (AvgIpc) is 2.28. The zero-order valence-electron chi connectivity index (χ0n) is 9.13. The van der Waals surface area contributed by atoms with Crippen LogP contribution in [0.15, 0.2) is 11.6 Å². The van der Waals surface area contributed by atoms with E-state index in [1.807, 2.05) is 0 Å². The second-order valence-electron chi connectivity index (χ2n) is 3.74. The zero-order valence-corrected chi connectivity index (χ0v) is 9.13. The van der Waals surface area contributed by atoms with Crippen LogP contribution in [0.2, 0.25) is 0 Å². The molecule has 5 N–H and O–H groups in total. The molecule has 0 aromatic heterocycles. The maximum atomic E-state index is 10.7. The van der Waals surface area contributed by atoms with Gasteiger partial charge in [-0.15, -0.1) is 0 Å². The molecule has 0 saturated carbocycles. The van der Waals surface area contributed by atoms with Gasteiger partial charge in [0.1, 0.15) is 0 Å². The van der Waals surface area contributed by atoms with E-state index in [9.17, 15) is 15.0 Å². The fourth-order valence-electron chi connectivity index (χ4n) is 1.43. The Labute approximate surface area is 93.5 Å². The van der Waals surface area contributed by atoms with E-state index in [2.05, 4.69) is 0 Å². The van der Waals surface area contributed by atoms with E-state index in [0.29, 0.717) is 0 Å². The van der Waals surface area contributed by atoms with Gasteiger partial charge in [-0.05, 0) is 6.92 Å². The Morgan fingerprint density at radius 2 is 1.62 bits per heavy atom. The van der Waals surface area contributed by atoms with E-state index in [1.165, 1.54) is 13.0 Å². The summed E-state index contributed by atoms with van der Waals surface area (Å²) < 4.78 is 0. The van der Waals surface area contributed by atoms with E-state index < -0.39 is 43.7 Å². The molecule has 6 nitrogen and oxygen atoms in total. The molecule has 0 heterocycles. The predicted molar refractivity (Wildman–Crippen MR) is 55.7 cm³/mol. The number of carbonyl (C=O) groups is 1. The summed E-state index contributed by atoms with van der Waals surface area (Å²) in [6.45, 7) is -0.712. The first-order chi connectivity index (χ1) is 7.47. The molecule has 0 aliphatic heterocycles. The smallest absolute Gasteiger partial charge is 0.330 e. The van der Waals surface area contributed by atoms with Crippen LogP contribution in [0, 0.1) is 11.3 Å². The monoisotopic (exact) mass is 234 g/mol. The molecule has 0 saturated heterocycles. The molecular weight excluding hydrogens is 216 g/mol. The molecule has 0 rings (SSSR count). The lowest BCUT2D eigenvalue weighted by atomic mass is 9.76. The first-order valence-corrected chi connectivity index (χ1v) is 4.83. The number of carboxylic acids is 1. The van der Waals surface area contributed by atoms with Gasteiger partial charge in [-0.25, -0.2) is 4.79 Å². The van der Waals surface area contributed by atoms with Gasteiger partial charge in [-0.1, -0.05) is 6.08 Å². The minimum Gasteiger partial charge on any atom is -0.478 e. The Balaban J connectivity index is 5.24. The van der Waals surface area contributed by atoms with Crippen molar-refractivity contribution in [3.05, 3.63) is 11.6 Å². The molecule has 0 unspecified atom stereocenters. The molecule has 0 atom stereocenters. The Kier molecular flexibility index (Phi) is 6.20. The average molecular weight is 234 g/mol. The first kappa shape index (κ1) is 15.0. The summed E-state index contributed by atoms with van der Waals surface area (Å²) in [6.07, 6.45) is 1.17. The van der Waals surface area contributed by atoms with Crippen molar-refractivity contribution < 1.29 is 30.3 Å². The molecule has 0 amide bonds. The second-order valence-corrected chi connectivity index (χ2v) is 3.74. The van der Waals surface area contributed by atoms with Gasteiger partial charge in [0.05, 0.1) is 13.2 Å². The largest absolute Gasteiger partial charge is 0.478 e. The number of aliphatic hydroxyl groups is 4. The Hall–Kier alpha value is -0.950. The van der Waals surface area contributed by atoms with E-state index >= 15 is 0 Å². The number of aliphatic hydroxyl groups excluding tert-OH is 4. The Morgan fingerprint density at radius 1 is 1.19 bits per heavy atom. The molecule has 0 spiro atoms. The van der Waals surface area contributed by atoms with Crippen LogP contribution in [-0.4, -0.2) is 57.9 Å². The fourth-order valence-corrected chi connectivity index (χ4v) is 1.43. The van der Waals surface area contributed by atoms with Gasteiger partial charge in [0, 0.05) is 30.1 Å². The Bertz CT molecular complexity index is 252. The Morgan fingerprint density at radius 3 is 1.88 bits per heavy atom. The van der Waals surface area contributed by atoms with E-state index in [1.54, 1.807) is 0 Å². The summed E-state index contributed by atoms with van der Waals surface area (Å²) in [5.41, 5.74) is -1.39. The third-order valence-corrected chi connectivity index (χ3v) is 2.68. The van der Waals surface area contributed by atoms with Gasteiger partial charge in [-0.2, -0.15) is 0 Å². The van der Waals surface area contributed by atoms with Crippen LogP contribution >= 0.6 is 0 Å². The van der Waals surface area contributed by atoms with Crippen molar-refractivity contribution in [1.82, 2.24) is 0 Å². The van der Waals surface area contributed by atoms with Gasteiger partial charge < -0.3 is 25.5 Å². The molecule has 0 aromatic carbocycles. The summed E-state index contributed by atoms with van der Waals surface area (Å²) in [6, 6.07) is 0. The van der Waals surface area contributed by atoms with Crippen molar-refractivity contribution in [3.8, 4) is 0 Å². The van der Waals surface area contributed by atoms with Crippen molar-refractivity contribution in [2.75, 3.05) is 26.4 Å². The van der Waals surface area contributed by atoms with Crippen LogP contribution in [0.1, 0.15) is 6.92 Å². The lowest BCUT2D eigenvalue weighted by molar-refractivity contribution is -0.132. The summed E-state index contributed by atoms with van der Waals surface area (Å²) in [5.74, 6) is -1.99. The molecular formula is C10H18O6. The van der Waals surface area contributed by atoms with Crippen LogP contribution in [-0.2, 0) is 4.79 Å². The van der Waals surface area contributed by atoms with E-state index in [4.69, 9.17) is 15.3 Å². The van der Waals surface area contributed by atoms with Crippen LogP contribution in [0.5, 0.6) is 0 Å². The van der Waals surface area contributed by atoms with Gasteiger partial charge in [0.25, 0.3) is 0 Å². The minimum absolute atomic E-state index is 0.0602. The molecule has 16 heavy (non-hydrogen) atoms. The highest BCUT2D eigenvalue weighted by atomic mass is 16.4. The molecule has 94 valence electrons. The van der Waals surface area contributed by atoms with Crippen molar-refractivity contribution in [3.63, 3.8) is 0 Å². The summed E-state index contributed by atoms with van der Waals surface area (Å²) in [5, 5.41) is 45.2. The van der Waals surface area contributed by atoms with Crippen molar-refractivity contribution in [2.45, 2.75) is 6.92 Å². The van der Waals surface area contributed by atoms with Gasteiger partial charge >= 0.3 is 5.97 Å². The zero-order chi connectivity index (χ0) is 12.8. The van der Waals surface area contributed by atoms with Crippen molar-refractivity contribution in [2.24, 2.45) is 11.3 Å². The second kappa shape index (κ2) is 6.59. The van der Waals surface area contributed by atoms with Crippen LogP contribution in [0.4, 0.5) is 0 Å². The predicted octanol–water partition coefficient (Wildman–Crippen LogP) is -1.41. The van der Waals surface area contributed by atoms with Gasteiger partial charge in [0.15, 0.2) is 0 Å².